The van der Waals surface area contributed by atoms with Crippen molar-refractivity contribution >= 4 is 11.9 Å². The van der Waals surface area contributed by atoms with Crippen LogP contribution in [0.25, 0.3) is 0 Å². The largest absolute Gasteiger partial charge is 0.378 e. The highest BCUT2D eigenvalue weighted by molar-refractivity contribution is 5.85. The van der Waals surface area contributed by atoms with Crippen molar-refractivity contribution in [1.29, 1.82) is 0 Å². The van der Waals surface area contributed by atoms with Crippen LogP contribution in [0.1, 0.15) is 59.3 Å². The normalized spacial score (nSPS) is 26.2. The van der Waals surface area contributed by atoms with E-state index in [0.717, 1.165) is 25.4 Å². The summed E-state index contributed by atoms with van der Waals surface area (Å²) in [5.74, 6) is 0.775. The maximum absolute atomic E-state index is 11.9. The molecule has 3 unspecified atom stereocenters. The fourth-order valence-corrected chi connectivity index (χ4v) is 4.01. The number of carbonyl (C=O) groups is 1. The van der Waals surface area contributed by atoms with Crippen LogP contribution < -0.4 is 10.6 Å². The SMILES string of the molecule is CCOC1CC(NC(=NCC(=O)N(C)C)NC(C)CC)C12CCCC2. The second-order valence-corrected chi connectivity index (χ2v) is 7.72. The van der Waals surface area contributed by atoms with Gasteiger partial charge in [0.05, 0.1) is 6.10 Å². The predicted molar refractivity (Wildman–Crippen MR) is 102 cm³/mol. The van der Waals surface area contributed by atoms with Gasteiger partial charge in [-0.25, -0.2) is 4.99 Å². The van der Waals surface area contributed by atoms with Crippen molar-refractivity contribution in [2.45, 2.75) is 77.5 Å². The monoisotopic (exact) mass is 352 g/mol. The Bertz CT molecular complexity index is 472. The molecule has 0 aromatic heterocycles. The van der Waals surface area contributed by atoms with Gasteiger partial charge in [0.1, 0.15) is 6.54 Å². The first kappa shape index (κ1) is 20.0. The Hall–Kier alpha value is -1.30. The van der Waals surface area contributed by atoms with Gasteiger partial charge in [-0.3, -0.25) is 4.79 Å². The number of ether oxygens (including phenoxy) is 1. The summed E-state index contributed by atoms with van der Waals surface area (Å²) < 4.78 is 6.00. The van der Waals surface area contributed by atoms with E-state index in [0.29, 0.717) is 18.2 Å². The number of likely N-dealkylation sites (N-methyl/N-ethyl adjacent to an activating group) is 1. The van der Waals surface area contributed by atoms with E-state index >= 15 is 0 Å². The first-order valence-corrected chi connectivity index (χ1v) is 9.82. The van der Waals surface area contributed by atoms with E-state index in [-0.39, 0.29) is 17.9 Å². The topological polar surface area (TPSA) is 66.0 Å². The Balaban J connectivity index is 2.05. The molecule has 2 rings (SSSR count). The third-order valence-corrected chi connectivity index (χ3v) is 5.86. The molecule has 25 heavy (non-hydrogen) atoms. The summed E-state index contributed by atoms with van der Waals surface area (Å²) in [6, 6.07) is 0.708. The number of hydrogen-bond donors (Lipinski definition) is 2. The van der Waals surface area contributed by atoms with Crippen molar-refractivity contribution in [3.63, 3.8) is 0 Å². The van der Waals surface area contributed by atoms with Gasteiger partial charge in [-0.2, -0.15) is 0 Å². The Morgan fingerprint density at radius 2 is 2.00 bits per heavy atom. The fourth-order valence-electron chi connectivity index (χ4n) is 4.01. The van der Waals surface area contributed by atoms with Gasteiger partial charge in [0.15, 0.2) is 5.96 Å². The molecule has 6 nitrogen and oxygen atoms in total. The smallest absolute Gasteiger partial charge is 0.243 e. The van der Waals surface area contributed by atoms with Crippen LogP contribution in [-0.4, -0.2) is 62.2 Å². The van der Waals surface area contributed by atoms with Crippen molar-refractivity contribution in [3.05, 3.63) is 0 Å². The number of aliphatic imine (C=N–C) groups is 1. The van der Waals surface area contributed by atoms with E-state index in [4.69, 9.17) is 4.74 Å². The molecule has 3 atom stereocenters. The molecule has 1 spiro atoms. The molecule has 0 bridgehead atoms. The van der Waals surface area contributed by atoms with E-state index in [1.807, 2.05) is 0 Å². The van der Waals surface area contributed by atoms with Crippen LogP contribution in [0.4, 0.5) is 0 Å². The molecule has 0 radical (unpaired) electrons. The third-order valence-electron chi connectivity index (χ3n) is 5.86. The molecular weight excluding hydrogens is 316 g/mol. The van der Waals surface area contributed by atoms with Crippen LogP contribution in [0, 0.1) is 5.41 Å². The number of carbonyl (C=O) groups excluding carboxylic acids is 1. The lowest BCUT2D eigenvalue weighted by Crippen LogP contribution is -2.65. The van der Waals surface area contributed by atoms with E-state index in [9.17, 15) is 4.79 Å². The van der Waals surface area contributed by atoms with Gasteiger partial charge in [-0.05, 0) is 39.5 Å². The van der Waals surface area contributed by atoms with Crippen molar-refractivity contribution in [2.24, 2.45) is 10.4 Å². The molecule has 0 aliphatic heterocycles. The number of hydrogen-bond acceptors (Lipinski definition) is 3. The van der Waals surface area contributed by atoms with Crippen molar-refractivity contribution in [2.75, 3.05) is 27.2 Å². The Morgan fingerprint density at radius 3 is 2.56 bits per heavy atom. The number of rotatable bonds is 7. The third kappa shape index (κ3) is 4.66. The van der Waals surface area contributed by atoms with Crippen molar-refractivity contribution in [3.8, 4) is 0 Å². The molecular formula is C19H36N4O2. The summed E-state index contributed by atoms with van der Waals surface area (Å²) in [6.45, 7) is 7.32. The highest BCUT2D eigenvalue weighted by atomic mass is 16.5. The van der Waals surface area contributed by atoms with Gasteiger partial charge in [0.2, 0.25) is 5.91 Å². The molecule has 2 aliphatic carbocycles. The Labute approximate surface area is 152 Å². The maximum Gasteiger partial charge on any atom is 0.243 e. The molecule has 6 heteroatoms. The van der Waals surface area contributed by atoms with Crippen molar-refractivity contribution in [1.82, 2.24) is 15.5 Å². The van der Waals surface area contributed by atoms with Crippen LogP contribution in [0.15, 0.2) is 4.99 Å². The minimum absolute atomic E-state index is 0.0154. The standard InChI is InChI=1S/C19H36N4O2/c1-6-14(3)21-18(20-13-17(24)23(4)5)22-15-12-16(25-7-2)19(15)10-8-9-11-19/h14-16H,6-13H2,1-5H3,(H2,20,21,22). The number of amides is 1. The fraction of sp³-hybridized carbons (Fsp3) is 0.895. The van der Waals surface area contributed by atoms with Gasteiger partial charge >= 0.3 is 0 Å². The Kier molecular flexibility index (Phi) is 7.11. The second-order valence-electron chi connectivity index (χ2n) is 7.72. The molecule has 2 aliphatic rings. The highest BCUT2D eigenvalue weighted by Crippen LogP contribution is 2.54. The lowest BCUT2D eigenvalue weighted by Gasteiger charge is -2.54. The molecule has 1 amide bonds. The number of guanidine groups is 1. The van der Waals surface area contributed by atoms with Gasteiger partial charge < -0.3 is 20.3 Å². The summed E-state index contributed by atoms with van der Waals surface area (Å²) in [7, 11) is 3.53. The zero-order chi connectivity index (χ0) is 18.4. The molecule has 2 N–H and O–H groups in total. The van der Waals surface area contributed by atoms with Crippen LogP contribution in [0.5, 0.6) is 0 Å². The van der Waals surface area contributed by atoms with Gasteiger partial charge in [0.25, 0.3) is 0 Å². The highest BCUT2D eigenvalue weighted by Gasteiger charge is 2.57. The lowest BCUT2D eigenvalue weighted by atomic mass is 9.60. The molecule has 0 aromatic rings. The first-order chi connectivity index (χ1) is 11.9. The summed E-state index contributed by atoms with van der Waals surface area (Å²) >= 11 is 0. The summed E-state index contributed by atoms with van der Waals surface area (Å²) in [6.07, 6.45) is 7.42. The Morgan fingerprint density at radius 1 is 1.32 bits per heavy atom. The zero-order valence-corrected chi connectivity index (χ0v) is 16.6. The van der Waals surface area contributed by atoms with Crippen LogP contribution in [0.3, 0.4) is 0 Å². The minimum Gasteiger partial charge on any atom is -0.378 e. The molecule has 0 heterocycles. The lowest BCUT2D eigenvalue weighted by molar-refractivity contribution is -0.127. The summed E-state index contributed by atoms with van der Waals surface area (Å²) in [5.41, 5.74) is 0.249. The summed E-state index contributed by atoms with van der Waals surface area (Å²) in [4.78, 5) is 18.0. The van der Waals surface area contributed by atoms with Gasteiger partial charge in [-0.15, -0.1) is 0 Å². The predicted octanol–water partition coefficient (Wildman–Crippen LogP) is 2.15. The zero-order valence-electron chi connectivity index (χ0n) is 16.6. The van der Waals surface area contributed by atoms with Crippen molar-refractivity contribution < 1.29 is 9.53 Å². The molecule has 144 valence electrons. The molecule has 2 fully saturated rings. The number of nitrogens with zero attached hydrogens (tertiary/aromatic N) is 2. The van der Waals surface area contributed by atoms with Crippen LogP contribution in [-0.2, 0) is 9.53 Å². The molecule has 2 saturated carbocycles. The summed E-state index contributed by atoms with van der Waals surface area (Å²) in [5, 5.41) is 7.06. The van der Waals surface area contributed by atoms with Crippen LogP contribution in [0.2, 0.25) is 0 Å². The van der Waals surface area contributed by atoms with Crippen LogP contribution >= 0.6 is 0 Å². The first-order valence-electron chi connectivity index (χ1n) is 9.82. The average molecular weight is 353 g/mol. The van der Waals surface area contributed by atoms with E-state index in [1.54, 1.807) is 19.0 Å². The van der Waals surface area contributed by atoms with Gasteiger partial charge in [0, 0.05) is 38.2 Å². The average Bonchev–Trinajstić information content (AvgIpc) is 3.10. The second kappa shape index (κ2) is 8.88. The minimum atomic E-state index is 0.0154. The quantitative estimate of drug-likeness (QED) is 0.544. The number of nitrogens with one attached hydrogen (secondary N) is 2. The molecule has 0 saturated heterocycles. The molecule has 0 aromatic carbocycles. The van der Waals surface area contributed by atoms with E-state index in [2.05, 4.69) is 36.4 Å². The van der Waals surface area contributed by atoms with E-state index < -0.39 is 0 Å². The van der Waals surface area contributed by atoms with Gasteiger partial charge in [-0.1, -0.05) is 19.8 Å². The maximum atomic E-state index is 11.9. The van der Waals surface area contributed by atoms with E-state index in [1.165, 1.54) is 25.7 Å².